The molecule has 0 radical (unpaired) electrons. The van der Waals surface area contributed by atoms with E-state index in [-0.39, 0.29) is 35.0 Å². The van der Waals surface area contributed by atoms with Crippen molar-refractivity contribution in [1.29, 1.82) is 0 Å². The average molecular weight is 453 g/mol. The Morgan fingerprint density at radius 1 is 1.13 bits per heavy atom. The second-order valence-corrected chi connectivity index (χ2v) is 7.75. The zero-order valence-electron chi connectivity index (χ0n) is 16.6. The summed E-state index contributed by atoms with van der Waals surface area (Å²) in [6.07, 6.45) is 0.0694. The first-order chi connectivity index (χ1) is 14.4. The molecule has 1 aromatic carbocycles. The third kappa shape index (κ3) is 6.56. The normalized spacial score (nSPS) is 10.2. The summed E-state index contributed by atoms with van der Waals surface area (Å²) in [6, 6.07) is 4.13. The van der Waals surface area contributed by atoms with Gasteiger partial charge in [-0.2, -0.15) is 0 Å². The fourth-order valence-electron chi connectivity index (χ4n) is 2.29. The quantitative estimate of drug-likeness (QED) is 0.347. The maximum Gasteiger partial charge on any atom is 0.339 e. The van der Waals surface area contributed by atoms with Gasteiger partial charge in [0.25, 0.3) is 0 Å². The Bertz CT molecular complexity index is 943. The van der Waals surface area contributed by atoms with Crippen LogP contribution in [0.15, 0.2) is 27.9 Å². The van der Waals surface area contributed by atoms with E-state index < -0.39 is 17.8 Å². The Labute approximate surface area is 181 Å². The summed E-state index contributed by atoms with van der Waals surface area (Å²) in [4.78, 5) is 51.8. The van der Waals surface area contributed by atoms with E-state index in [1.54, 1.807) is 12.3 Å². The van der Waals surface area contributed by atoms with Crippen molar-refractivity contribution in [1.82, 2.24) is 4.98 Å². The van der Waals surface area contributed by atoms with Gasteiger partial charge in [-0.15, -0.1) is 11.3 Å². The first-order valence-corrected chi connectivity index (χ1v) is 10.6. The van der Waals surface area contributed by atoms with Crippen molar-refractivity contribution < 1.29 is 33.4 Å². The van der Waals surface area contributed by atoms with Crippen LogP contribution in [0.3, 0.4) is 0 Å². The number of nitrogens with one attached hydrogen (secondary N) is 1. The number of ether oxygens (including phenoxy) is 3. The Hall–Kier alpha value is -2.92. The highest BCUT2D eigenvalue weighted by Gasteiger charge is 2.18. The van der Waals surface area contributed by atoms with Gasteiger partial charge in [-0.25, -0.2) is 14.6 Å². The Morgan fingerprint density at radius 3 is 2.53 bits per heavy atom. The van der Waals surface area contributed by atoms with Crippen LogP contribution in [-0.4, -0.2) is 55.4 Å². The zero-order chi connectivity index (χ0) is 22.1. The number of nitrogens with zero attached hydrogens (tertiary/aromatic N) is 1. The molecule has 0 fully saturated rings. The lowest BCUT2D eigenvalue weighted by molar-refractivity contribution is -0.142. The summed E-state index contributed by atoms with van der Waals surface area (Å²) in [5, 5.41) is 4.33. The lowest BCUT2D eigenvalue weighted by atomic mass is 10.1. The van der Waals surface area contributed by atoms with Gasteiger partial charge in [0, 0.05) is 5.38 Å². The highest BCUT2D eigenvalue weighted by molar-refractivity contribution is 8.01. The Balaban J connectivity index is 2.03. The monoisotopic (exact) mass is 452 g/mol. The summed E-state index contributed by atoms with van der Waals surface area (Å²) >= 11 is 2.49. The van der Waals surface area contributed by atoms with E-state index in [2.05, 4.69) is 15.0 Å². The predicted molar refractivity (Wildman–Crippen MR) is 111 cm³/mol. The first-order valence-electron chi connectivity index (χ1n) is 8.71. The van der Waals surface area contributed by atoms with Crippen molar-refractivity contribution in [3.8, 4) is 0 Å². The SMILES string of the molecule is CCOC(=O)Cc1csc(SCC(=O)Nc2cc(C(=O)OC)ccc2C(=O)OC)n1. The van der Waals surface area contributed by atoms with Crippen LogP contribution < -0.4 is 5.32 Å². The van der Waals surface area contributed by atoms with Crippen LogP contribution in [0, 0.1) is 0 Å². The van der Waals surface area contributed by atoms with Crippen LogP contribution in [0.5, 0.6) is 0 Å². The van der Waals surface area contributed by atoms with E-state index in [4.69, 9.17) is 9.47 Å². The minimum Gasteiger partial charge on any atom is -0.466 e. The molecular formula is C19H20N2O7S2. The number of anilines is 1. The zero-order valence-corrected chi connectivity index (χ0v) is 18.2. The highest BCUT2D eigenvalue weighted by Crippen LogP contribution is 2.24. The standard InChI is InChI=1S/C19H20N2O7S2/c1-4-28-16(23)8-12-9-29-19(20-12)30-10-15(22)21-14-7-11(17(24)26-2)5-6-13(14)18(25)27-3/h5-7,9H,4,8,10H2,1-3H3,(H,21,22). The number of rotatable bonds is 9. The maximum absolute atomic E-state index is 12.4. The third-order valence-electron chi connectivity index (χ3n) is 3.61. The molecule has 2 rings (SSSR count). The molecular weight excluding hydrogens is 432 g/mol. The van der Waals surface area contributed by atoms with Gasteiger partial charge < -0.3 is 19.5 Å². The fourth-order valence-corrected chi connectivity index (χ4v) is 3.93. The molecule has 11 heteroatoms. The molecule has 0 aliphatic carbocycles. The number of methoxy groups -OCH3 is 2. The number of amides is 1. The molecule has 0 saturated carbocycles. The predicted octanol–water partition coefficient (Wildman–Crippen LogP) is 2.55. The van der Waals surface area contributed by atoms with Crippen molar-refractivity contribution in [2.75, 3.05) is 31.9 Å². The van der Waals surface area contributed by atoms with E-state index in [0.717, 1.165) is 0 Å². The van der Waals surface area contributed by atoms with Crippen molar-refractivity contribution in [3.05, 3.63) is 40.4 Å². The van der Waals surface area contributed by atoms with E-state index in [1.165, 1.54) is 55.5 Å². The van der Waals surface area contributed by atoms with Crippen LogP contribution in [0.1, 0.15) is 33.3 Å². The molecule has 0 spiro atoms. The highest BCUT2D eigenvalue weighted by atomic mass is 32.2. The number of carbonyl (C=O) groups is 4. The molecule has 0 aliphatic rings. The van der Waals surface area contributed by atoms with Gasteiger partial charge in [-0.05, 0) is 25.1 Å². The molecule has 160 valence electrons. The van der Waals surface area contributed by atoms with Gasteiger partial charge in [0.1, 0.15) is 0 Å². The summed E-state index contributed by atoms with van der Waals surface area (Å²) in [5.74, 6) is -2.02. The van der Waals surface area contributed by atoms with Crippen molar-refractivity contribution >= 4 is 52.6 Å². The van der Waals surface area contributed by atoms with Crippen molar-refractivity contribution in [2.45, 2.75) is 17.7 Å². The van der Waals surface area contributed by atoms with Gasteiger partial charge in [-0.1, -0.05) is 11.8 Å². The molecule has 2 aromatic rings. The molecule has 9 nitrogen and oxygen atoms in total. The van der Waals surface area contributed by atoms with Crippen LogP contribution in [0.25, 0.3) is 0 Å². The maximum atomic E-state index is 12.4. The number of aromatic nitrogens is 1. The van der Waals surface area contributed by atoms with E-state index in [0.29, 0.717) is 16.6 Å². The van der Waals surface area contributed by atoms with E-state index >= 15 is 0 Å². The molecule has 0 bridgehead atoms. The largest absolute Gasteiger partial charge is 0.466 e. The number of thiazole rings is 1. The Morgan fingerprint density at radius 2 is 1.87 bits per heavy atom. The number of thioether (sulfide) groups is 1. The number of esters is 3. The molecule has 0 atom stereocenters. The lowest BCUT2D eigenvalue weighted by Gasteiger charge is -2.11. The van der Waals surface area contributed by atoms with Gasteiger partial charge >= 0.3 is 17.9 Å². The van der Waals surface area contributed by atoms with Crippen molar-refractivity contribution in [3.63, 3.8) is 0 Å². The molecule has 0 aliphatic heterocycles. The van der Waals surface area contributed by atoms with Crippen LogP contribution in [0.4, 0.5) is 5.69 Å². The molecule has 1 amide bonds. The summed E-state index contributed by atoms with van der Waals surface area (Å²) in [6.45, 7) is 2.03. The number of carbonyl (C=O) groups excluding carboxylic acids is 4. The molecule has 30 heavy (non-hydrogen) atoms. The van der Waals surface area contributed by atoms with Crippen LogP contribution >= 0.6 is 23.1 Å². The second kappa shape index (κ2) is 11.3. The van der Waals surface area contributed by atoms with Gasteiger partial charge in [-0.3, -0.25) is 9.59 Å². The summed E-state index contributed by atoms with van der Waals surface area (Å²) < 4.78 is 14.9. The fraction of sp³-hybridized carbons (Fsp3) is 0.316. The van der Waals surface area contributed by atoms with Gasteiger partial charge in [0.15, 0.2) is 4.34 Å². The smallest absolute Gasteiger partial charge is 0.339 e. The third-order valence-corrected chi connectivity index (χ3v) is 5.68. The van der Waals surface area contributed by atoms with Gasteiger partial charge in [0.2, 0.25) is 5.91 Å². The van der Waals surface area contributed by atoms with Crippen LogP contribution in [-0.2, 0) is 30.2 Å². The average Bonchev–Trinajstić information content (AvgIpc) is 3.18. The summed E-state index contributed by atoms with van der Waals surface area (Å²) in [7, 11) is 2.45. The number of hydrogen-bond acceptors (Lipinski definition) is 10. The van der Waals surface area contributed by atoms with Crippen LogP contribution in [0.2, 0.25) is 0 Å². The second-order valence-electron chi connectivity index (χ2n) is 5.67. The minimum atomic E-state index is -0.655. The molecule has 1 aromatic heterocycles. The summed E-state index contributed by atoms with van der Waals surface area (Å²) in [5.41, 5.74) is 0.990. The van der Waals surface area contributed by atoms with E-state index in [9.17, 15) is 19.2 Å². The molecule has 0 saturated heterocycles. The molecule has 0 unspecified atom stereocenters. The minimum absolute atomic E-state index is 0.00935. The molecule has 1 N–H and O–H groups in total. The van der Waals surface area contributed by atoms with Gasteiger partial charge in [0.05, 0.1) is 55.5 Å². The molecule has 1 heterocycles. The number of benzene rings is 1. The van der Waals surface area contributed by atoms with Crippen molar-refractivity contribution in [2.24, 2.45) is 0 Å². The Kier molecular flexibility index (Phi) is 8.81. The lowest BCUT2D eigenvalue weighted by Crippen LogP contribution is -2.18. The number of hydrogen-bond donors (Lipinski definition) is 1. The first kappa shape index (κ1) is 23.4. The van der Waals surface area contributed by atoms with E-state index in [1.807, 2.05) is 0 Å². The topological polar surface area (TPSA) is 121 Å².